The van der Waals surface area contributed by atoms with Gasteiger partial charge in [0.15, 0.2) is 5.76 Å². The van der Waals surface area contributed by atoms with E-state index >= 15 is 0 Å². The molecule has 7 nitrogen and oxygen atoms in total. The Morgan fingerprint density at radius 1 is 1.50 bits per heavy atom. The number of methoxy groups -OCH3 is 1. The van der Waals surface area contributed by atoms with Crippen molar-refractivity contribution in [3.63, 3.8) is 0 Å². The summed E-state index contributed by atoms with van der Waals surface area (Å²) in [5.41, 5.74) is 1.55. The van der Waals surface area contributed by atoms with Crippen LogP contribution in [-0.4, -0.2) is 33.1 Å². The van der Waals surface area contributed by atoms with Crippen LogP contribution in [0.4, 0.5) is 0 Å². The van der Waals surface area contributed by atoms with E-state index in [9.17, 15) is 9.90 Å². The Labute approximate surface area is 116 Å². The second kappa shape index (κ2) is 5.36. The molecule has 0 aliphatic rings. The number of carbonyl (C=O) groups is 1. The van der Waals surface area contributed by atoms with Gasteiger partial charge in [0.1, 0.15) is 11.3 Å². The van der Waals surface area contributed by atoms with Crippen molar-refractivity contribution in [3.8, 4) is 17.1 Å². The number of ether oxygens (including phenoxy) is 1. The van der Waals surface area contributed by atoms with Gasteiger partial charge in [-0.25, -0.2) is 9.48 Å². The fraction of sp³-hybridized carbons (Fsp3) is 0.462. The Bertz CT molecular complexity index is 642. The summed E-state index contributed by atoms with van der Waals surface area (Å²) in [6.07, 6.45) is 1.30. The lowest BCUT2D eigenvalue weighted by Crippen LogP contribution is -2.02. The summed E-state index contributed by atoms with van der Waals surface area (Å²) in [5.74, 6) is -0.225. The van der Waals surface area contributed by atoms with E-state index in [4.69, 9.17) is 9.26 Å². The number of aromatic carboxylic acids is 1. The highest BCUT2D eigenvalue weighted by Crippen LogP contribution is 2.35. The monoisotopic (exact) mass is 279 g/mol. The van der Waals surface area contributed by atoms with Crippen molar-refractivity contribution >= 4 is 5.97 Å². The summed E-state index contributed by atoms with van der Waals surface area (Å²) >= 11 is 0. The molecule has 0 amide bonds. The van der Waals surface area contributed by atoms with Gasteiger partial charge in [0.25, 0.3) is 0 Å². The lowest BCUT2D eigenvalue weighted by Gasteiger charge is -2.03. The van der Waals surface area contributed by atoms with E-state index in [1.807, 2.05) is 6.92 Å². The molecule has 0 atom stereocenters. The van der Waals surface area contributed by atoms with Gasteiger partial charge in [0.2, 0.25) is 5.88 Å². The van der Waals surface area contributed by atoms with Crippen LogP contribution in [0.3, 0.4) is 0 Å². The average Bonchev–Trinajstić information content (AvgIpc) is 2.90. The number of hydrogen-bond donors (Lipinski definition) is 1. The Hall–Kier alpha value is -2.31. The maximum atomic E-state index is 11.5. The van der Waals surface area contributed by atoms with Crippen LogP contribution in [0.25, 0.3) is 11.3 Å². The largest absolute Gasteiger partial charge is 0.481 e. The molecular formula is C13H17N3O4. The zero-order chi connectivity index (χ0) is 14.9. The molecule has 2 heterocycles. The number of nitrogens with zero attached hydrogens (tertiary/aromatic N) is 3. The molecule has 2 aromatic heterocycles. The van der Waals surface area contributed by atoms with Crippen LogP contribution in [0.2, 0.25) is 0 Å². The van der Waals surface area contributed by atoms with Gasteiger partial charge < -0.3 is 14.4 Å². The summed E-state index contributed by atoms with van der Waals surface area (Å²) in [6.45, 7) is 3.72. The minimum Gasteiger partial charge on any atom is -0.481 e. The molecule has 0 spiro atoms. The molecule has 2 aromatic rings. The highest BCUT2D eigenvalue weighted by molar-refractivity contribution is 5.96. The maximum absolute atomic E-state index is 11.5. The molecule has 0 fully saturated rings. The molecule has 108 valence electrons. The second-order valence-corrected chi connectivity index (χ2v) is 4.48. The lowest BCUT2D eigenvalue weighted by molar-refractivity contribution is 0.0695. The predicted octanol–water partition coefficient (Wildman–Crippen LogP) is 2.04. The molecule has 0 aliphatic carbocycles. The predicted molar refractivity (Wildman–Crippen MR) is 70.9 cm³/mol. The standard InChI is InChI=1S/C13H17N3O4/c1-5-6-8-10(13(17)18)11(15-20-8)9-7(2)14-16(3)12(9)19-4/h5-6H2,1-4H3,(H,17,18). The molecule has 0 saturated heterocycles. The van der Waals surface area contributed by atoms with E-state index in [1.54, 1.807) is 18.7 Å². The smallest absolute Gasteiger partial charge is 0.341 e. The number of rotatable bonds is 5. The third-order valence-corrected chi connectivity index (χ3v) is 3.05. The van der Waals surface area contributed by atoms with Gasteiger partial charge in [-0.15, -0.1) is 0 Å². The molecule has 1 N–H and O–H groups in total. The quantitative estimate of drug-likeness (QED) is 0.900. The van der Waals surface area contributed by atoms with E-state index in [1.165, 1.54) is 7.11 Å². The zero-order valence-corrected chi connectivity index (χ0v) is 11.9. The first-order chi connectivity index (χ1) is 9.51. The lowest BCUT2D eigenvalue weighted by atomic mass is 10.0. The molecule has 0 aromatic carbocycles. The average molecular weight is 279 g/mol. The Kier molecular flexibility index (Phi) is 3.78. The van der Waals surface area contributed by atoms with Crippen LogP contribution < -0.4 is 4.74 Å². The van der Waals surface area contributed by atoms with Gasteiger partial charge in [-0.2, -0.15) is 5.10 Å². The zero-order valence-electron chi connectivity index (χ0n) is 11.9. The van der Waals surface area contributed by atoms with E-state index in [0.717, 1.165) is 6.42 Å². The minimum absolute atomic E-state index is 0.0845. The maximum Gasteiger partial charge on any atom is 0.341 e. The fourth-order valence-corrected chi connectivity index (χ4v) is 2.26. The highest BCUT2D eigenvalue weighted by Gasteiger charge is 2.28. The van der Waals surface area contributed by atoms with Gasteiger partial charge in [0, 0.05) is 13.5 Å². The molecule has 20 heavy (non-hydrogen) atoms. The molecule has 0 saturated carbocycles. The second-order valence-electron chi connectivity index (χ2n) is 4.48. The van der Waals surface area contributed by atoms with Gasteiger partial charge >= 0.3 is 5.97 Å². The Balaban J connectivity index is 2.67. The molecule has 0 radical (unpaired) electrons. The van der Waals surface area contributed by atoms with Crippen LogP contribution in [0.5, 0.6) is 5.88 Å². The van der Waals surface area contributed by atoms with Crippen LogP contribution in [0, 0.1) is 6.92 Å². The molecule has 0 bridgehead atoms. The first-order valence-electron chi connectivity index (χ1n) is 6.31. The van der Waals surface area contributed by atoms with Crippen LogP contribution in [-0.2, 0) is 13.5 Å². The normalized spacial score (nSPS) is 10.8. The van der Waals surface area contributed by atoms with Crippen LogP contribution in [0.1, 0.15) is 35.2 Å². The fourth-order valence-electron chi connectivity index (χ4n) is 2.26. The summed E-state index contributed by atoms with van der Waals surface area (Å²) in [5, 5.41) is 17.6. The van der Waals surface area contributed by atoms with Crippen molar-refractivity contribution in [2.24, 2.45) is 7.05 Å². The summed E-state index contributed by atoms with van der Waals surface area (Å²) in [6, 6.07) is 0. The number of aryl methyl sites for hydroxylation is 3. The number of aromatic nitrogens is 3. The van der Waals surface area contributed by atoms with Gasteiger partial charge in [-0.3, -0.25) is 0 Å². The van der Waals surface area contributed by atoms with Crippen molar-refractivity contribution < 1.29 is 19.2 Å². The summed E-state index contributed by atoms with van der Waals surface area (Å²) in [4.78, 5) is 11.5. The molecular weight excluding hydrogens is 262 g/mol. The summed E-state index contributed by atoms with van der Waals surface area (Å²) < 4.78 is 12.0. The van der Waals surface area contributed by atoms with E-state index < -0.39 is 5.97 Å². The number of hydrogen-bond acceptors (Lipinski definition) is 5. The molecule has 0 aliphatic heterocycles. The van der Waals surface area contributed by atoms with Crippen molar-refractivity contribution in [3.05, 3.63) is 17.0 Å². The van der Waals surface area contributed by atoms with Crippen molar-refractivity contribution in [2.45, 2.75) is 26.7 Å². The van der Waals surface area contributed by atoms with E-state index in [2.05, 4.69) is 10.3 Å². The SMILES string of the molecule is CCCc1onc(-c2c(C)nn(C)c2OC)c1C(=O)O. The van der Waals surface area contributed by atoms with E-state index in [-0.39, 0.29) is 11.3 Å². The minimum atomic E-state index is -1.06. The van der Waals surface area contributed by atoms with Gasteiger partial charge in [-0.1, -0.05) is 12.1 Å². The summed E-state index contributed by atoms with van der Waals surface area (Å²) in [7, 11) is 3.23. The Morgan fingerprint density at radius 2 is 2.20 bits per heavy atom. The first kappa shape index (κ1) is 14.1. The van der Waals surface area contributed by atoms with Crippen molar-refractivity contribution in [1.82, 2.24) is 14.9 Å². The van der Waals surface area contributed by atoms with Gasteiger partial charge in [-0.05, 0) is 13.3 Å². The Morgan fingerprint density at radius 3 is 2.75 bits per heavy atom. The molecule has 2 rings (SSSR count). The van der Waals surface area contributed by atoms with Crippen molar-refractivity contribution in [1.29, 1.82) is 0 Å². The van der Waals surface area contributed by atoms with Gasteiger partial charge in [0.05, 0.1) is 18.4 Å². The molecule has 7 heteroatoms. The number of carboxylic acids is 1. The number of carboxylic acid groups (broad SMARTS) is 1. The van der Waals surface area contributed by atoms with E-state index in [0.29, 0.717) is 29.3 Å². The molecule has 0 unspecified atom stereocenters. The van der Waals surface area contributed by atoms with Crippen molar-refractivity contribution in [2.75, 3.05) is 7.11 Å². The van der Waals surface area contributed by atoms with Crippen LogP contribution in [0.15, 0.2) is 4.52 Å². The third-order valence-electron chi connectivity index (χ3n) is 3.05. The topological polar surface area (TPSA) is 90.4 Å². The first-order valence-corrected chi connectivity index (χ1v) is 6.31. The van der Waals surface area contributed by atoms with Crippen LogP contribution >= 0.6 is 0 Å². The third kappa shape index (κ3) is 2.15. The highest BCUT2D eigenvalue weighted by atomic mass is 16.5.